The number of carbonyl (C=O) groups excluding carboxylic acids is 1. The molecule has 2 rings (SSSR count). The van der Waals surface area contributed by atoms with Gasteiger partial charge in [-0.1, -0.05) is 24.1 Å². The Labute approximate surface area is 118 Å². The van der Waals surface area contributed by atoms with Crippen LogP contribution >= 0.6 is 0 Å². The number of aliphatic hydroxyl groups is 1. The predicted molar refractivity (Wildman–Crippen MR) is 78.8 cm³/mol. The number of urea groups is 1. The van der Waals surface area contributed by atoms with Gasteiger partial charge in [-0.15, -0.1) is 6.42 Å². The lowest BCUT2D eigenvalue weighted by molar-refractivity contribution is 0.179. The van der Waals surface area contributed by atoms with Crippen LogP contribution < -0.4 is 10.6 Å². The molecule has 0 aromatic heterocycles. The highest BCUT2D eigenvalue weighted by atomic mass is 16.3. The molecule has 0 aliphatic carbocycles. The number of carbonyl (C=O) groups is 1. The highest BCUT2D eigenvalue weighted by Gasteiger charge is 2.27. The second-order valence-corrected chi connectivity index (χ2v) is 4.62. The van der Waals surface area contributed by atoms with Crippen molar-refractivity contribution >= 4 is 11.7 Å². The molecule has 102 valence electrons. The number of primary amides is 1. The van der Waals surface area contributed by atoms with E-state index in [0.29, 0.717) is 23.4 Å². The van der Waals surface area contributed by atoms with Gasteiger partial charge in [0.05, 0.1) is 17.5 Å². The average molecular weight is 268 g/mol. The highest BCUT2D eigenvalue weighted by molar-refractivity contribution is 5.96. The molecule has 0 saturated heterocycles. The van der Waals surface area contributed by atoms with Gasteiger partial charge in [-0.05, 0) is 30.7 Å². The number of allylic oxidation sites excluding steroid dienone is 2. The van der Waals surface area contributed by atoms with Crippen molar-refractivity contribution in [2.75, 3.05) is 4.90 Å². The van der Waals surface area contributed by atoms with Crippen molar-refractivity contribution in [3.05, 3.63) is 53.3 Å². The zero-order chi connectivity index (χ0) is 14.7. The first kappa shape index (κ1) is 13.9. The van der Waals surface area contributed by atoms with Crippen LogP contribution in [0.15, 0.2) is 47.7 Å². The van der Waals surface area contributed by atoms with Gasteiger partial charge in [0.1, 0.15) is 0 Å². The van der Waals surface area contributed by atoms with E-state index >= 15 is 0 Å². The van der Waals surface area contributed by atoms with Crippen molar-refractivity contribution in [3.63, 3.8) is 0 Å². The molecule has 0 fully saturated rings. The summed E-state index contributed by atoms with van der Waals surface area (Å²) in [6.07, 6.45) is 8.15. The molecule has 1 aliphatic rings. The van der Waals surface area contributed by atoms with E-state index in [-0.39, 0.29) is 0 Å². The summed E-state index contributed by atoms with van der Waals surface area (Å²) in [6.45, 7) is 1.85. The summed E-state index contributed by atoms with van der Waals surface area (Å²) in [5, 5.41) is 10.3. The molecule has 0 spiro atoms. The zero-order valence-electron chi connectivity index (χ0n) is 11.2. The van der Waals surface area contributed by atoms with E-state index in [1.165, 1.54) is 11.0 Å². The van der Waals surface area contributed by atoms with Crippen LogP contribution in [0.1, 0.15) is 25.0 Å². The lowest BCUT2D eigenvalue weighted by Crippen LogP contribution is -2.35. The summed E-state index contributed by atoms with van der Waals surface area (Å²) >= 11 is 0. The standard InChI is InChI=1S/C16H16N2O2/c1-3-4-8-13-11(2)10-15(19)12-7-5-6-9-14(12)18(13)16(17)20/h1,4-9,15,19H,10H2,2H3,(H2,17,20)/b8-4-. The van der Waals surface area contributed by atoms with Gasteiger partial charge in [-0.3, -0.25) is 4.90 Å². The fourth-order valence-corrected chi connectivity index (χ4v) is 2.38. The molecule has 0 saturated carbocycles. The van der Waals surface area contributed by atoms with Crippen LogP contribution in [0.2, 0.25) is 0 Å². The number of aliphatic hydroxyl groups excluding tert-OH is 1. The molecule has 2 amide bonds. The Bertz CT molecular complexity index is 638. The number of rotatable bonds is 1. The van der Waals surface area contributed by atoms with E-state index in [2.05, 4.69) is 5.92 Å². The van der Waals surface area contributed by atoms with Crippen molar-refractivity contribution in [3.8, 4) is 12.3 Å². The minimum absolute atomic E-state index is 0.422. The summed E-state index contributed by atoms with van der Waals surface area (Å²) in [5.74, 6) is 2.39. The number of benzene rings is 1. The second-order valence-electron chi connectivity index (χ2n) is 4.62. The van der Waals surface area contributed by atoms with Crippen LogP contribution in [0.5, 0.6) is 0 Å². The largest absolute Gasteiger partial charge is 0.388 e. The quantitative estimate of drug-likeness (QED) is 0.768. The minimum atomic E-state index is -0.676. The minimum Gasteiger partial charge on any atom is -0.388 e. The van der Waals surface area contributed by atoms with Gasteiger partial charge in [0.15, 0.2) is 0 Å². The zero-order valence-corrected chi connectivity index (χ0v) is 11.2. The van der Waals surface area contributed by atoms with Gasteiger partial charge in [0.25, 0.3) is 0 Å². The Morgan fingerprint density at radius 3 is 2.90 bits per heavy atom. The van der Waals surface area contributed by atoms with Gasteiger partial charge in [0.2, 0.25) is 0 Å². The molecule has 4 heteroatoms. The highest BCUT2D eigenvalue weighted by Crippen LogP contribution is 2.37. The molecule has 3 N–H and O–H groups in total. The first-order chi connectivity index (χ1) is 9.56. The van der Waals surface area contributed by atoms with Crippen molar-refractivity contribution in [2.45, 2.75) is 19.4 Å². The Morgan fingerprint density at radius 1 is 1.55 bits per heavy atom. The number of fused-ring (bicyclic) bond motifs is 1. The van der Waals surface area contributed by atoms with E-state index in [4.69, 9.17) is 12.2 Å². The van der Waals surface area contributed by atoms with E-state index in [1.807, 2.05) is 13.0 Å². The SMILES string of the molecule is C#C/C=C\C1=C(C)CC(O)c2ccccc2N1C(N)=O. The molecule has 4 nitrogen and oxygen atoms in total. The van der Waals surface area contributed by atoms with Crippen molar-refractivity contribution in [1.29, 1.82) is 0 Å². The molecular formula is C16H16N2O2. The van der Waals surface area contributed by atoms with Crippen LogP contribution in [0, 0.1) is 12.3 Å². The maximum absolute atomic E-state index is 11.8. The number of hydrogen-bond acceptors (Lipinski definition) is 2. The van der Waals surface area contributed by atoms with Crippen molar-refractivity contribution in [2.24, 2.45) is 5.73 Å². The van der Waals surface area contributed by atoms with Gasteiger partial charge in [0, 0.05) is 12.0 Å². The van der Waals surface area contributed by atoms with Crippen LogP contribution in [0.25, 0.3) is 0 Å². The van der Waals surface area contributed by atoms with Gasteiger partial charge in [-0.2, -0.15) is 0 Å². The normalized spacial score (nSPS) is 18.6. The number of terminal acetylenes is 1. The fourth-order valence-electron chi connectivity index (χ4n) is 2.38. The summed E-state index contributed by atoms with van der Waals surface area (Å²) in [5.41, 5.74) is 8.22. The molecule has 0 bridgehead atoms. The van der Waals surface area contributed by atoms with Gasteiger partial charge in [-0.25, -0.2) is 4.79 Å². The number of nitrogens with two attached hydrogens (primary N) is 1. The predicted octanol–water partition coefficient (Wildman–Crippen LogP) is 2.47. The van der Waals surface area contributed by atoms with Gasteiger partial charge >= 0.3 is 6.03 Å². The Hall–Kier alpha value is -2.51. The molecule has 1 unspecified atom stereocenters. The van der Waals surface area contributed by atoms with Crippen molar-refractivity contribution < 1.29 is 9.90 Å². The van der Waals surface area contributed by atoms with E-state index in [0.717, 1.165) is 5.57 Å². The van der Waals surface area contributed by atoms with Crippen LogP contribution in [-0.4, -0.2) is 11.1 Å². The topological polar surface area (TPSA) is 66.6 Å². The number of para-hydroxylation sites is 1. The summed E-state index contributed by atoms with van der Waals surface area (Å²) in [6, 6.07) is 6.55. The van der Waals surface area contributed by atoms with Crippen LogP contribution in [0.3, 0.4) is 0 Å². The third-order valence-electron chi connectivity index (χ3n) is 3.27. The lowest BCUT2D eigenvalue weighted by Gasteiger charge is -2.23. The Morgan fingerprint density at radius 2 is 2.25 bits per heavy atom. The molecule has 1 aliphatic heterocycles. The maximum atomic E-state index is 11.8. The second kappa shape index (κ2) is 5.64. The third-order valence-corrected chi connectivity index (χ3v) is 3.27. The molecule has 0 radical (unpaired) electrons. The van der Waals surface area contributed by atoms with Crippen LogP contribution in [-0.2, 0) is 0 Å². The smallest absolute Gasteiger partial charge is 0.323 e. The average Bonchev–Trinajstić information content (AvgIpc) is 2.52. The molecule has 1 aromatic carbocycles. The van der Waals surface area contributed by atoms with E-state index in [9.17, 15) is 9.90 Å². The number of anilines is 1. The maximum Gasteiger partial charge on any atom is 0.323 e. The van der Waals surface area contributed by atoms with Gasteiger partial charge < -0.3 is 10.8 Å². The molecule has 1 aromatic rings. The number of amides is 2. The molecular weight excluding hydrogens is 252 g/mol. The first-order valence-electron chi connectivity index (χ1n) is 6.25. The Kier molecular flexibility index (Phi) is 3.92. The molecule has 1 heterocycles. The summed E-state index contributed by atoms with van der Waals surface area (Å²) < 4.78 is 0. The Balaban J connectivity index is 2.67. The fraction of sp³-hybridized carbons (Fsp3) is 0.188. The molecule has 20 heavy (non-hydrogen) atoms. The van der Waals surface area contributed by atoms with E-state index < -0.39 is 12.1 Å². The summed E-state index contributed by atoms with van der Waals surface area (Å²) in [7, 11) is 0. The monoisotopic (exact) mass is 268 g/mol. The first-order valence-corrected chi connectivity index (χ1v) is 6.25. The molecule has 1 atom stereocenters. The third kappa shape index (κ3) is 2.44. The summed E-state index contributed by atoms with van der Waals surface area (Å²) in [4.78, 5) is 13.2. The number of nitrogens with zero attached hydrogens (tertiary/aromatic N) is 1. The van der Waals surface area contributed by atoms with Crippen molar-refractivity contribution in [1.82, 2.24) is 0 Å². The lowest BCUT2D eigenvalue weighted by atomic mass is 10.0. The van der Waals surface area contributed by atoms with Crippen LogP contribution in [0.4, 0.5) is 10.5 Å². The van der Waals surface area contributed by atoms with E-state index in [1.54, 1.807) is 24.3 Å². The number of hydrogen-bond donors (Lipinski definition) is 2.